The molecule has 0 aromatic heterocycles. The van der Waals surface area contributed by atoms with Crippen molar-refractivity contribution in [3.05, 3.63) is 58.1 Å². The van der Waals surface area contributed by atoms with E-state index in [2.05, 4.69) is 15.9 Å². The largest absolute Gasteiger partial charge is 0.490 e. The Kier molecular flexibility index (Phi) is 4.76. The van der Waals surface area contributed by atoms with Crippen molar-refractivity contribution in [2.45, 2.75) is 12.8 Å². The predicted octanol–water partition coefficient (Wildman–Crippen LogP) is 4.07. The molecule has 0 saturated carbocycles. The van der Waals surface area contributed by atoms with Gasteiger partial charge in [-0.2, -0.15) is 0 Å². The minimum atomic E-state index is -0.231. The highest BCUT2D eigenvalue weighted by Gasteiger charge is 2.17. The maximum absolute atomic E-state index is 12.4. The van der Waals surface area contributed by atoms with Gasteiger partial charge in [0.25, 0.3) is 0 Å². The summed E-state index contributed by atoms with van der Waals surface area (Å²) in [4.78, 5) is 24.6. The number of halogens is 1. The smallest absolute Gasteiger partial charge is 0.170 e. The molecule has 0 radical (unpaired) electrons. The minimum absolute atomic E-state index is 0.171. The highest BCUT2D eigenvalue weighted by Crippen LogP contribution is 2.30. The molecule has 3 rings (SSSR count). The molecule has 0 amide bonds. The highest BCUT2D eigenvalue weighted by atomic mass is 79.9. The number of carbonyl (C=O) groups is 2. The van der Waals surface area contributed by atoms with E-state index in [1.807, 2.05) is 6.07 Å². The Labute approximate surface area is 142 Å². The molecule has 1 aliphatic rings. The van der Waals surface area contributed by atoms with Gasteiger partial charge in [0.1, 0.15) is 0 Å². The normalized spacial score (nSPS) is 13.3. The molecule has 0 unspecified atom stereocenters. The maximum atomic E-state index is 12.4. The van der Waals surface area contributed by atoms with Crippen LogP contribution < -0.4 is 9.47 Å². The van der Waals surface area contributed by atoms with Crippen LogP contribution in [0.5, 0.6) is 11.5 Å². The first-order chi connectivity index (χ1) is 11.1. The lowest BCUT2D eigenvalue weighted by atomic mass is 10.0. The average molecular weight is 375 g/mol. The summed E-state index contributed by atoms with van der Waals surface area (Å²) in [6.45, 7) is 1.16. The Morgan fingerprint density at radius 1 is 0.913 bits per heavy atom. The van der Waals surface area contributed by atoms with E-state index < -0.39 is 0 Å². The van der Waals surface area contributed by atoms with Crippen molar-refractivity contribution in [3.63, 3.8) is 0 Å². The monoisotopic (exact) mass is 374 g/mol. The van der Waals surface area contributed by atoms with Crippen LogP contribution in [-0.4, -0.2) is 24.8 Å². The van der Waals surface area contributed by atoms with E-state index in [1.54, 1.807) is 36.4 Å². The topological polar surface area (TPSA) is 52.6 Å². The van der Waals surface area contributed by atoms with Crippen molar-refractivity contribution in [1.29, 1.82) is 0 Å². The van der Waals surface area contributed by atoms with Crippen LogP contribution in [0.4, 0.5) is 0 Å². The molecule has 23 heavy (non-hydrogen) atoms. The van der Waals surface area contributed by atoms with Gasteiger partial charge in [-0.3, -0.25) is 9.59 Å². The van der Waals surface area contributed by atoms with Crippen molar-refractivity contribution in [2.75, 3.05) is 13.2 Å². The third-order valence-electron chi connectivity index (χ3n) is 3.54. The molecule has 118 valence electrons. The van der Waals surface area contributed by atoms with E-state index in [1.165, 1.54) is 0 Å². The summed E-state index contributed by atoms with van der Waals surface area (Å²) in [6, 6.07) is 12.1. The second-order valence-corrected chi connectivity index (χ2v) is 6.16. The SMILES string of the molecule is O=C(CC(=O)c1ccc2c(c1)OCCCO2)c1cccc(Br)c1. The summed E-state index contributed by atoms with van der Waals surface area (Å²) in [5.41, 5.74) is 0.972. The van der Waals surface area contributed by atoms with Crippen LogP contribution in [0.1, 0.15) is 33.6 Å². The van der Waals surface area contributed by atoms with Gasteiger partial charge in [-0.1, -0.05) is 28.1 Å². The molecule has 2 aromatic carbocycles. The first-order valence-corrected chi connectivity index (χ1v) is 8.14. The van der Waals surface area contributed by atoms with Gasteiger partial charge in [-0.15, -0.1) is 0 Å². The fourth-order valence-electron chi connectivity index (χ4n) is 2.35. The van der Waals surface area contributed by atoms with Crippen molar-refractivity contribution in [1.82, 2.24) is 0 Å². The highest BCUT2D eigenvalue weighted by molar-refractivity contribution is 9.10. The fourth-order valence-corrected chi connectivity index (χ4v) is 2.75. The zero-order valence-corrected chi connectivity index (χ0v) is 14.0. The number of hydrogen-bond donors (Lipinski definition) is 0. The van der Waals surface area contributed by atoms with Gasteiger partial charge in [0.2, 0.25) is 0 Å². The Balaban J connectivity index is 1.75. The van der Waals surface area contributed by atoms with Crippen LogP contribution in [0.2, 0.25) is 0 Å². The first-order valence-electron chi connectivity index (χ1n) is 7.35. The van der Waals surface area contributed by atoms with Gasteiger partial charge >= 0.3 is 0 Å². The number of carbonyl (C=O) groups excluding carboxylic acids is 2. The molecule has 1 aliphatic heterocycles. The third kappa shape index (κ3) is 3.79. The van der Waals surface area contributed by atoms with Crippen molar-refractivity contribution in [2.24, 2.45) is 0 Å². The van der Waals surface area contributed by atoms with E-state index in [0.717, 1.165) is 10.9 Å². The molecule has 0 bridgehead atoms. The molecule has 0 N–H and O–H groups in total. The number of ether oxygens (including phenoxy) is 2. The van der Waals surface area contributed by atoms with Gasteiger partial charge < -0.3 is 9.47 Å². The number of Topliss-reactive ketones (excluding diaryl/α,β-unsaturated/α-hetero) is 2. The summed E-state index contributed by atoms with van der Waals surface area (Å²) in [7, 11) is 0. The van der Waals surface area contributed by atoms with Crippen molar-refractivity contribution in [3.8, 4) is 11.5 Å². The fraction of sp³-hybridized carbons (Fsp3) is 0.222. The van der Waals surface area contributed by atoms with E-state index >= 15 is 0 Å². The van der Waals surface area contributed by atoms with Gasteiger partial charge in [0.05, 0.1) is 19.6 Å². The Morgan fingerprint density at radius 2 is 1.61 bits per heavy atom. The molecule has 0 atom stereocenters. The quantitative estimate of drug-likeness (QED) is 0.597. The van der Waals surface area contributed by atoms with Crippen molar-refractivity contribution >= 4 is 27.5 Å². The standard InChI is InChI=1S/C18H15BrO4/c19-14-4-1-3-12(9-14)15(20)11-16(21)13-5-6-17-18(10-13)23-8-2-7-22-17/h1,3-6,9-10H,2,7-8,11H2. The number of ketones is 2. The van der Waals surface area contributed by atoms with Crippen LogP contribution in [0, 0.1) is 0 Å². The molecular formula is C18H15BrO4. The zero-order valence-electron chi connectivity index (χ0n) is 12.4. The van der Waals surface area contributed by atoms with Gasteiger partial charge in [-0.05, 0) is 30.3 Å². The summed E-state index contributed by atoms with van der Waals surface area (Å²) >= 11 is 3.32. The number of benzene rings is 2. The molecule has 4 nitrogen and oxygen atoms in total. The van der Waals surface area contributed by atoms with Crippen LogP contribution >= 0.6 is 15.9 Å². The van der Waals surface area contributed by atoms with E-state index in [9.17, 15) is 9.59 Å². The summed E-state index contributed by atoms with van der Waals surface area (Å²) < 4.78 is 11.9. The molecule has 0 aliphatic carbocycles. The van der Waals surface area contributed by atoms with Gasteiger partial charge in [0.15, 0.2) is 23.1 Å². The molecule has 2 aromatic rings. The van der Waals surface area contributed by atoms with Crippen LogP contribution in [0.25, 0.3) is 0 Å². The second kappa shape index (κ2) is 6.96. The lowest BCUT2D eigenvalue weighted by Gasteiger charge is -2.08. The summed E-state index contributed by atoms with van der Waals surface area (Å²) in [5.74, 6) is 0.759. The van der Waals surface area contributed by atoms with Crippen LogP contribution in [0.3, 0.4) is 0 Å². The molecule has 1 heterocycles. The summed E-state index contributed by atoms with van der Waals surface area (Å²) in [5, 5.41) is 0. The predicted molar refractivity (Wildman–Crippen MR) is 89.5 cm³/mol. The van der Waals surface area contributed by atoms with Gasteiger partial charge in [0, 0.05) is 22.0 Å². The van der Waals surface area contributed by atoms with Crippen molar-refractivity contribution < 1.29 is 19.1 Å². The van der Waals surface area contributed by atoms with Crippen LogP contribution in [0.15, 0.2) is 46.9 Å². The van der Waals surface area contributed by atoms with Crippen LogP contribution in [-0.2, 0) is 0 Å². The molecule has 0 fully saturated rings. The average Bonchev–Trinajstić information content (AvgIpc) is 2.79. The molecular weight excluding hydrogens is 360 g/mol. The Bertz CT molecular complexity index is 754. The third-order valence-corrected chi connectivity index (χ3v) is 4.03. The van der Waals surface area contributed by atoms with E-state index in [0.29, 0.717) is 35.8 Å². The number of hydrogen-bond acceptors (Lipinski definition) is 4. The first kappa shape index (κ1) is 15.7. The molecule has 0 spiro atoms. The minimum Gasteiger partial charge on any atom is -0.490 e. The van der Waals surface area contributed by atoms with E-state index in [4.69, 9.17) is 9.47 Å². The van der Waals surface area contributed by atoms with Gasteiger partial charge in [-0.25, -0.2) is 0 Å². The lowest BCUT2D eigenvalue weighted by Crippen LogP contribution is -2.09. The van der Waals surface area contributed by atoms with E-state index in [-0.39, 0.29) is 18.0 Å². The summed E-state index contributed by atoms with van der Waals surface area (Å²) in [6.07, 6.45) is 0.634. The lowest BCUT2D eigenvalue weighted by molar-refractivity contribution is 0.0894. The maximum Gasteiger partial charge on any atom is 0.170 e. The molecule has 0 saturated heterocycles. The second-order valence-electron chi connectivity index (χ2n) is 5.25. The molecule has 5 heteroatoms. The Hall–Kier alpha value is -2.14. The zero-order chi connectivity index (χ0) is 16.2. The Morgan fingerprint density at radius 3 is 2.35 bits per heavy atom. The number of fused-ring (bicyclic) bond motifs is 1. The number of rotatable bonds is 4.